The largest absolute Gasteiger partial charge is 0.491 e. The van der Waals surface area contributed by atoms with Crippen LogP contribution in [0.5, 0.6) is 5.75 Å². The molecule has 0 bridgehead atoms. The summed E-state index contributed by atoms with van der Waals surface area (Å²) in [6.07, 6.45) is 7.72. The van der Waals surface area contributed by atoms with Gasteiger partial charge in [-0.05, 0) is 80.4 Å². The van der Waals surface area contributed by atoms with E-state index in [-0.39, 0.29) is 23.7 Å². The second-order valence-corrected chi connectivity index (χ2v) is 7.09. The van der Waals surface area contributed by atoms with Crippen molar-refractivity contribution in [3.05, 3.63) is 53.9 Å². The SMILES string of the molecule is C=CCCC1CCC(c2cc3ccc(OCC)c(F)c3c(F)c2F)CC1. The lowest BCUT2D eigenvalue weighted by molar-refractivity contribution is 0.306. The fraction of sp³-hybridized carbons (Fsp3) is 0.455. The summed E-state index contributed by atoms with van der Waals surface area (Å²) in [4.78, 5) is 0. The van der Waals surface area contributed by atoms with Crippen LogP contribution < -0.4 is 4.74 Å². The van der Waals surface area contributed by atoms with Gasteiger partial charge in [0, 0.05) is 0 Å². The van der Waals surface area contributed by atoms with E-state index in [1.165, 1.54) is 6.07 Å². The third-order valence-corrected chi connectivity index (χ3v) is 5.48. The fourth-order valence-corrected chi connectivity index (χ4v) is 4.06. The third-order valence-electron chi connectivity index (χ3n) is 5.48. The molecule has 0 unspecified atom stereocenters. The Bertz CT molecular complexity index is 792. The van der Waals surface area contributed by atoms with E-state index in [2.05, 4.69) is 6.58 Å². The van der Waals surface area contributed by atoms with E-state index < -0.39 is 17.5 Å². The molecule has 2 aromatic carbocycles. The van der Waals surface area contributed by atoms with Crippen LogP contribution in [0.3, 0.4) is 0 Å². The molecular weight excluding hydrogens is 337 g/mol. The zero-order valence-corrected chi connectivity index (χ0v) is 15.2. The minimum atomic E-state index is -1.11. The number of halogens is 3. The van der Waals surface area contributed by atoms with Crippen molar-refractivity contribution in [1.82, 2.24) is 0 Å². The predicted molar refractivity (Wildman–Crippen MR) is 99.1 cm³/mol. The molecule has 1 aliphatic carbocycles. The molecule has 1 nitrogen and oxygen atoms in total. The highest BCUT2D eigenvalue weighted by Crippen LogP contribution is 2.41. The van der Waals surface area contributed by atoms with Gasteiger partial charge < -0.3 is 4.74 Å². The van der Waals surface area contributed by atoms with Crippen molar-refractivity contribution in [2.24, 2.45) is 5.92 Å². The molecule has 2 aromatic rings. The molecule has 0 spiro atoms. The van der Waals surface area contributed by atoms with Gasteiger partial charge >= 0.3 is 0 Å². The number of allylic oxidation sites excluding steroid dienone is 1. The fourth-order valence-electron chi connectivity index (χ4n) is 4.06. The highest BCUT2D eigenvalue weighted by Gasteiger charge is 2.27. The lowest BCUT2D eigenvalue weighted by atomic mass is 9.76. The zero-order valence-electron chi connectivity index (χ0n) is 15.2. The molecular formula is C22H25F3O. The summed E-state index contributed by atoms with van der Waals surface area (Å²) in [6, 6.07) is 4.70. The van der Waals surface area contributed by atoms with Crippen LogP contribution in [0, 0.1) is 23.4 Å². The van der Waals surface area contributed by atoms with Crippen LogP contribution in [0.4, 0.5) is 13.2 Å². The minimum absolute atomic E-state index is 0.0106. The van der Waals surface area contributed by atoms with E-state index in [1.807, 2.05) is 6.08 Å². The van der Waals surface area contributed by atoms with E-state index >= 15 is 0 Å². The Balaban J connectivity index is 1.90. The molecule has 1 aliphatic rings. The van der Waals surface area contributed by atoms with Crippen molar-refractivity contribution in [2.75, 3.05) is 6.61 Å². The smallest absolute Gasteiger partial charge is 0.175 e. The Morgan fingerprint density at radius 3 is 2.46 bits per heavy atom. The molecule has 0 saturated heterocycles. The second-order valence-electron chi connectivity index (χ2n) is 7.09. The molecule has 0 aromatic heterocycles. The van der Waals surface area contributed by atoms with Gasteiger partial charge in [0.05, 0.1) is 12.0 Å². The van der Waals surface area contributed by atoms with Crippen LogP contribution in [-0.2, 0) is 0 Å². The van der Waals surface area contributed by atoms with Gasteiger partial charge in [-0.25, -0.2) is 13.2 Å². The molecule has 0 heterocycles. The van der Waals surface area contributed by atoms with Crippen LogP contribution in [0.15, 0.2) is 30.9 Å². The van der Waals surface area contributed by atoms with Gasteiger partial charge in [0.2, 0.25) is 0 Å². The monoisotopic (exact) mass is 362 g/mol. The van der Waals surface area contributed by atoms with Crippen molar-refractivity contribution in [3.8, 4) is 5.75 Å². The van der Waals surface area contributed by atoms with E-state index in [9.17, 15) is 13.2 Å². The first-order valence-corrected chi connectivity index (χ1v) is 9.40. The highest BCUT2D eigenvalue weighted by atomic mass is 19.2. The lowest BCUT2D eigenvalue weighted by Gasteiger charge is -2.29. The summed E-state index contributed by atoms with van der Waals surface area (Å²) in [6.45, 7) is 5.73. The third kappa shape index (κ3) is 3.60. The van der Waals surface area contributed by atoms with Crippen molar-refractivity contribution in [3.63, 3.8) is 0 Å². The first-order valence-electron chi connectivity index (χ1n) is 9.40. The number of fused-ring (bicyclic) bond motifs is 1. The summed E-state index contributed by atoms with van der Waals surface area (Å²) in [5, 5.41) is 0.0607. The van der Waals surface area contributed by atoms with Crippen molar-refractivity contribution in [2.45, 2.75) is 51.4 Å². The van der Waals surface area contributed by atoms with E-state index in [4.69, 9.17) is 4.74 Å². The van der Waals surface area contributed by atoms with Gasteiger partial charge in [-0.1, -0.05) is 12.1 Å². The summed E-state index contributed by atoms with van der Waals surface area (Å²) in [5.74, 6) is -2.29. The van der Waals surface area contributed by atoms with Crippen LogP contribution >= 0.6 is 0 Å². The maximum absolute atomic E-state index is 14.7. The van der Waals surface area contributed by atoms with Gasteiger partial charge in [0.15, 0.2) is 23.2 Å². The molecule has 0 atom stereocenters. The van der Waals surface area contributed by atoms with Gasteiger partial charge in [-0.3, -0.25) is 0 Å². The molecule has 26 heavy (non-hydrogen) atoms. The van der Waals surface area contributed by atoms with E-state index in [0.717, 1.165) is 38.5 Å². The normalized spacial score (nSPS) is 20.3. The number of hydrogen-bond acceptors (Lipinski definition) is 1. The Kier molecular flexibility index (Phi) is 5.90. The predicted octanol–water partition coefficient (Wildman–Crippen LogP) is 6.90. The average molecular weight is 362 g/mol. The highest BCUT2D eigenvalue weighted by molar-refractivity contribution is 5.86. The van der Waals surface area contributed by atoms with Crippen LogP contribution in [0.25, 0.3) is 10.8 Å². The van der Waals surface area contributed by atoms with Crippen molar-refractivity contribution < 1.29 is 17.9 Å². The maximum Gasteiger partial charge on any atom is 0.175 e. The summed E-state index contributed by atoms with van der Waals surface area (Å²) < 4.78 is 49.0. The molecule has 4 heteroatoms. The molecule has 1 saturated carbocycles. The molecule has 0 N–H and O–H groups in total. The molecule has 0 aliphatic heterocycles. The molecule has 0 amide bonds. The number of benzene rings is 2. The Labute approximate surface area is 152 Å². The second kappa shape index (κ2) is 8.15. The lowest BCUT2D eigenvalue weighted by Crippen LogP contribution is -2.15. The summed E-state index contributed by atoms with van der Waals surface area (Å²) >= 11 is 0. The number of ether oxygens (including phenoxy) is 1. The average Bonchev–Trinajstić information content (AvgIpc) is 2.65. The first-order chi connectivity index (χ1) is 12.6. The van der Waals surface area contributed by atoms with Gasteiger partial charge in [-0.2, -0.15) is 0 Å². The quantitative estimate of drug-likeness (QED) is 0.508. The number of rotatable bonds is 6. The van der Waals surface area contributed by atoms with Gasteiger partial charge in [0.1, 0.15) is 0 Å². The van der Waals surface area contributed by atoms with Crippen LogP contribution in [0.1, 0.15) is 56.9 Å². The van der Waals surface area contributed by atoms with Gasteiger partial charge in [-0.15, -0.1) is 6.58 Å². The maximum atomic E-state index is 14.7. The molecule has 140 valence electrons. The minimum Gasteiger partial charge on any atom is -0.491 e. The van der Waals surface area contributed by atoms with E-state index in [1.54, 1.807) is 19.1 Å². The molecule has 0 radical (unpaired) electrons. The first kappa shape index (κ1) is 18.8. The van der Waals surface area contributed by atoms with Crippen LogP contribution in [0.2, 0.25) is 0 Å². The molecule has 3 rings (SSSR count). The Hall–Kier alpha value is -1.97. The van der Waals surface area contributed by atoms with Crippen molar-refractivity contribution >= 4 is 10.8 Å². The molecule has 1 fully saturated rings. The Morgan fingerprint density at radius 2 is 1.81 bits per heavy atom. The van der Waals surface area contributed by atoms with Crippen LogP contribution in [-0.4, -0.2) is 6.61 Å². The topological polar surface area (TPSA) is 9.23 Å². The summed E-state index contributed by atoms with van der Waals surface area (Å²) in [5.41, 5.74) is 0.376. The number of hydrogen-bond donors (Lipinski definition) is 0. The summed E-state index contributed by atoms with van der Waals surface area (Å²) in [7, 11) is 0. The van der Waals surface area contributed by atoms with E-state index in [0.29, 0.717) is 16.9 Å². The van der Waals surface area contributed by atoms with Gasteiger partial charge in [0.25, 0.3) is 0 Å². The Morgan fingerprint density at radius 1 is 1.08 bits per heavy atom. The van der Waals surface area contributed by atoms with Crippen molar-refractivity contribution in [1.29, 1.82) is 0 Å². The zero-order chi connectivity index (χ0) is 18.7. The standard InChI is InChI=1S/C22H25F3O/c1-3-5-6-14-7-9-15(10-8-14)17-13-16-11-12-18(26-4-2)21(24)19(16)22(25)20(17)23/h3,11-15H,1,4-10H2,2H3.